The first kappa shape index (κ1) is 21.2. The topological polar surface area (TPSA) is 194 Å². The molecule has 0 unspecified atom stereocenters. The number of aliphatic carboxylic acids is 2. The fraction of sp³-hybridized carbons (Fsp3) is 0.467. The van der Waals surface area contributed by atoms with Crippen LogP contribution in [0, 0.1) is 0 Å². The van der Waals surface area contributed by atoms with Crippen LogP contribution in [-0.4, -0.2) is 88.8 Å². The molecular weight excluding hydrogens is 424 g/mol. The standard InChI is InChI=1S/C15H16N6O8S/c22-8(3-20-6-16-18-19-20)17-11-13(26)21-12(15(27)28)7(5-30-14(11)21)4-29-10(25)2-1-9(23)24/h6,11,14H,1-5H2,(H,17,22)(H,23,24)(H,27,28)/t11-,14-/m1/s1. The Kier molecular flexibility index (Phi) is 6.29. The first-order valence-corrected chi connectivity index (χ1v) is 9.60. The van der Waals surface area contributed by atoms with E-state index in [1.165, 1.54) is 22.8 Å². The molecule has 0 aliphatic carbocycles. The first-order valence-electron chi connectivity index (χ1n) is 8.55. The van der Waals surface area contributed by atoms with Crippen molar-refractivity contribution in [2.24, 2.45) is 0 Å². The maximum atomic E-state index is 12.5. The lowest BCUT2D eigenvalue weighted by atomic mass is 10.0. The molecular formula is C15H16N6O8S. The number of carbonyl (C=O) groups is 5. The number of fused-ring (bicyclic) bond motifs is 1. The minimum atomic E-state index is -1.37. The van der Waals surface area contributed by atoms with Crippen molar-refractivity contribution < 1.29 is 38.9 Å². The van der Waals surface area contributed by atoms with E-state index in [1.54, 1.807) is 0 Å². The molecule has 1 aromatic rings. The van der Waals surface area contributed by atoms with Crippen molar-refractivity contribution >= 4 is 41.5 Å². The zero-order valence-electron chi connectivity index (χ0n) is 15.3. The van der Waals surface area contributed by atoms with Crippen molar-refractivity contribution in [1.29, 1.82) is 0 Å². The fourth-order valence-electron chi connectivity index (χ4n) is 2.86. The third-order valence-electron chi connectivity index (χ3n) is 4.21. The number of aromatic nitrogens is 4. The number of nitrogens with one attached hydrogen (secondary N) is 1. The Morgan fingerprint density at radius 2 is 2.03 bits per heavy atom. The lowest BCUT2D eigenvalue weighted by molar-refractivity contribution is -0.151. The molecule has 15 heteroatoms. The lowest BCUT2D eigenvalue weighted by Crippen LogP contribution is -2.70. The maximum Gasteiger partial charge on any atom is 0.352 e. The van der Waals surface area contributed by atoms with Crippen LogP contribution in [-0.2, 0) is 35.3 Å². The summed E-state index contributed by atoms with van der Waals surface area (Å²) in [5, 5.41) is 30.4. The van der Waals surface area contributed by atoms with Crippen LogP contribution in [0.15, 0.2) is 17.6 Å². The number of carbonyl (C=O) groups excluding carboxylic acids is 3. The summed E-state index contributed by atoms with van der Waals surface area (Å²) in [6.45, 7) is -0.576. The molecule has 2 aliphatic rings. The van der Waals surface area contributed by atoms with Crippen LogP contribution in [0.25, 0.3) is 0 Å². The minimum Gasteiger partial charge on any atom is -0.481 e. The molecule has 0 radical (unpaired) electrons. The Morgan fingerprint density at radius 3 is 2.67 bits per heavy atom. The number of carboxylic acids is 2. The van der Waals surface area contributed by atoms with Gasteiger partial charge >= 0.3 is 17.9 Å². The van der Waals surface area contributed by atoms with Crippen molar-refractivity contribution in [3.05, 3.63) is 17.6 Å². The molecule has 3 N–H and O–H groups in total. The highest BCUT2D eigenvalue weighted by atomic mass is 32.2. The fourth-order valence-corrected chi connectivity index (χ4v) is 4.19. The SMILES string of the molecule is O=C(O)CCC(=O)OCC1=C(C(=O)O)N2C(=O)[C@@H](NC(=O)Cn3cnnn3)[C@H]2SC1. The van der Waals surface area contributed by atoms with Crippen molar-refractivity contribution in [3.8, 4) is 0 Å². The van der Waals surface area contributed by atoms with E-state index in [2.05, 4.69) is 20.8 Å². The number of rotatable bonds is 9. The van der Waals surface area contributed by atoms with Gasteiger partial charge in [0.25, 0.3) is 5.91 Å². The second-order valence-electron chi connectivity index (χ2n) is 6.27. The monoisotopic (exact) mass is 440 g/mol. The summed E-state index contributed by atoms with van der Waals surface area (Å²) in [5.41, 5.74) is -0.0972. The summed E-state index contributed by atoms with van der Waals surface area (Å²) in [6.07, 6.45) is 0.481. The molecule has 0 bridgehead atoms. The number of nitrogens with zero attached hydrogens (tertiary/aromatic N) is 5. The quantitative estimate of drug-likeness (QED) is 0.278. The molecule has 2 aliphatic heterocycles. The van der Waals surface area contributed by atoms with E-state index in [1.807, 2.05) is 0 Å². The second kappa shape index (κ2) is 8.89. The lowest BCUT2D eigenvalue weighted by Gasteiger charge is -2.49. The maximum absolute atomic E-state index is 12.5. The van der Waals surface area contributed by atoms with Gasteiger partial charge < -0.3 is 20.3 Å². The zero-order chi connectivity index (χ0) is 21.8. The van der Waals surface area contributed by atoms with Gasteiger partial charge in [0.2, 0.25) is 5.91 Å². The third-order valence-corrected chi connectivity index (χ3v) is 5.55. The molecule has 30 heavy (non-hydrogen) atoms. The average Bonchev–Trinajstić information content (AvgIpc) is 3.20. The Labute approximate surface area is 172 Å². The largest absolute Gasteiger partial charge is 0.481 e. The number of hydrogen-bond acceptors (Lipinski definition) is 10. The number of tetrazole rings is 1. The summed E-state index contributed by atoms with van der Waals surface area (Å²) in [6, 6.07) is -0.909. The van der Waals surface area contributed by atoms with Gasteiger partial charge in [-0.2, -0.15) is 0 Å². The van der Waals surface area contributed by atoms with Gasteiger partial charge in [0, 0.05) is 11.3 Å². The number of β-lactam (4-membered cyclic amide) rings is 1. The molecule has 0 saturated carbocycles. The minimum absolute atomic E-state index is 0.154. The number of ether oxygens (including phenoxy) is 1. The van der Waals surface area contributed by atoms with Gasteiger partial charge in [0.05, 0.1) is 12.8 Å². The van der Waals surface area contributed by atoms with Gasteiger partial charge in [0.15, 0.2) is 0 Å². The van der Waals surface area contributed by atoms with Crippen LogP contribution in [0.3, 0.4) is 0 Å². The molecule has 1 saturated heterocycles. The van der Waals surface area contributed by atoms with Gasteiger partial charge in [-0.1, -0.05) is 0 Å². The molecule has 2 atom stereocenters. The van der Waals surface area contributed by atoms with Crippen molar-refractivity contribution in [3.63, 3.8) is 0 Å². The van der Waals surface area contributed by atoms with Crippen LogP contribution in [0.4, 0.5) is 0 Å². The van der Waals surface area contributed by atoms with E-state index in [0.717, 1.165) is 4.90 Å². The second-order valence-corrected chi connectivity index (χ2v) is 7.38. The van der Waals surface area contributed by atoms with E-state index in [9.17, 15) is 29.1 Å². The Balaban J connectivity index is 1.62. The number of esters is 1. The van der Waals surface area contributed by atoms with Gasteiger partial charge in [0.1, 0.15) is 36.6 Å². The summed E-state index contributed by atoms with van der Waals surface area (Å²) in [4.78, 5) is 59.4. The van der Waals surface area contributed by atoms with Crippen LogP contribution < -0.4 is 5.32 Å². The van der Waals surface area contributed by atoms with E-state index in [4.69, 9.17) is 9.84 Å². The number of thioether (sulfide) groups is 1. The highest BCUT2D eigenvalue weighted by Crippen LogP contribution is 2.40. The molecule has 0 spiro atoms. The molecule has 2 amide bonds. The Morgan fingerprint density at radius 1 is 1.27 bits per heavy atom. The Bertz CT molecular complexity index is 916. The normalized spacial score (nSPS) is 20.3. The molecule has 160 valence electrons. The van der Waals surface area contributed by atoms with Gasteiger partial charge in [-0.25, -0.2) is 9.48 Å². The van der Waals surface area contributed by atoms with Gasteiger partial charge in [-0.15, -0.1) is 16.9 Å². The molecule has 1 fully saturated rings. The van der Waals surface area contributed by atoms with E-state index >= 15 is 0 Å². The first-order chi connectivity index (χ1) is 14.3. The molecule has 0 aromatic carbocycles. The van der Waals surface area contributed by atoms with Gasteiger partial charge in [-0.3, -0.25) is 24.1 Å². The smallest absolute Gasteiger partial charge is 0.352 e. The Hall–Kier alpha value is -3.49. The van der Waals surface area contributed by atoms with Crippen LogP contribution >= 0.6 is 11.8 Å². The van der Waals surface area contributed by atoms with Crippen molar-refractivity contribution in [2.45, 2.75) is 30.8 Å². The number of carboxylic acid groups (broad SMARTS) is 2. The molecule has 14 nitrogen and oxygen atoms in total. The molecule has 3 heterocycles. The summed E-state index contributed by atoms with van der Waals surface area (Å²) in [5.74, 6) is -4.29. The van der Waals surface area contributed by atoms with Crippen molar-refractivity contribution in [2.75, 3.05) is 12.4 Å². The highest BCUT2D eigenvalue weighted by molar-refractivity contribution is 8.00. The highest BCUT2D eigenvalue weighted by Gasteiger charge is 2.54. The summed E-state index contributed by atoms with van der Waals surface area (Å²) >= 11 is 1.21. The molecule has 1 aromatic heterocycles. The van der Waals surface area contributed by atoms with Crippen LogP contribution in [0.5, 0.6) is 0 Å². The zero-order valence-corrected chi connectivity index (χ0v) is 16.1. The van der Waals surface area contributed by atoms with E-state index < -0.39 is 47.6 Å². The van der Waals surface area contributed by atoms with E-state index in [-0.39, 0.29) is 36.6 Å². The number of amides is 2. The predicted molar refractivity (Wildman–Crippen MR) is 95.3 cm³/mol. The number of hydrogen-bond donors (Lipinski definition) is 3. The van der Waals surface area contributed by atoms with Gasteiger partial charge in [-0.05, 0) is 10.4 Å². The third kappa shape index (κ3) is 4.56. The van der Waals surface area contributed by atoms with Crippen LogP contribution in [0.2, 0.25) is 0 Å². The van der Waals surface area contributed by atoms with E-state index in [0.29, 0.717) is 0 Å². The van der Waals surface area contributed by atoms with Crippen molar-refractivity contribution in [1.82, 2.24) is 30.4 Å². The average molecular weight is 440 g/mol. The summed E-state index contributed by atoms with van der Waals surface area (Å²) in [7, 11) is 0. The predicted octanol–water partition coefficient (Wildman–Crippen LogP) is -2.18. The molecule has 3 rings (SSSR count). The van der Waals surface area contributed by atoms with Crippen LogP contribution in [0.1, 0.15) is 12.8 Å². The summed E-state index contributed by atoms with van der Waals surface area (Å²) < 4.78 is 6.11.